The summed E-state index contributed by atoms with van der Waals surface area (Å²) >= 11 is 6.72. The first kappa shape index (κ1) is 13.8. The zero-order valence-electron chi connectivity index (χ0n) is 9.84. The molecule has 1 aromatic rings. The van der Waals surface area contributed by atoms with Crippen molar-refractivity contribution in [3.8, 4) is 0 Å². The van der Waals surface area contributed by atoms with Crippen LogP contribution in [0.3, 0.4) is 0 Å². The van der Waals surface area contributed by atoms with Gasteiger partial charge in [-0.15, -0.1) is 11.3 Å². The second kappa shape index (κ2) is 4.48. The number of cyclic esters (lactones) is 1. The molecule has 1 saturated heterocycles. The highest BCUT2D eigenvalue weighted by atomic mass is 35.5. The normalized spacial score (nSPS) is 20.7. The topological polar surface area (TPSA) is 63.7 Å². The number of carbonyl (C=O) groups excluding carboxylic acids is 1. The zero-order chi connectivity index (χ0) is 13.6. The van der Waals surface area contributed by atoms with Gasteiger partial charge < -0.3 is 4.74 Å². The Balaban J connectivity index is 2.44. The van der Waals surface area contributed by atoms with Crippen LogP contribution in [0.4, 0.5) is 0 Å². The third-order valence-electron chi connectivity index (χ3n) is 2.74. The lowest BCUT2D eigenvalue weighted by Gasteiger charge is -2.38. The molecule has 0 aromatic carbocycles. The first-order valence-corrected chi connectivity index (χ1v) is 7.85. The van der Waals surface area contributed by atoms with Crippen LogP contribution in [-0.2, 0) is 19.6 Å². The van der Waals surface area contributed by atoms with Gasteiger partial charge >= 0.3 is 5.97 Å². The molecule has 1 fully saturated rings. The predicted octanol–water partition coefficient (Wildman–Crippen LogP) is 1.73. The number of morpholine rings is 1. The number of hydrogen-bond donors (Lipinski definition) is 0. The van der Waals surface area contributed by atoms with Gasteiger partial charge in [-0.3, -0.25) is 4.79 Å². The minimum absolute atomic E-state index is 0.0700. The maximum absolute atomic E-state index is 12.4. The zero-order valence-corrected chi connectivity index (χ0v) is 12.2. The Kier molecular flexibility index (Phi) is 3.44. The van der Waals surface area contributed by atoms with Crippen LogP contribution in [0.25, 0.3) is 0 Å². The van der Waals surface area contributed by atoms with Gasteiger partial charge in [-0.1, -0.05) is 11.6 Å². The number of hydrogen-bond acceptors (Lipinski definition) is 5. The summed E-state index contributed by atoms with van der Waals surface area (Å²) in [6, 6.07) is 2.97. The molecule has 0 radical (unpaired) electrons. The van der Waals surface area contributed by atoms with Gasteiger partial charge in [-0.25, -0.2) is 8.42 Å². The fraction of sp³-hybridized carbons (Fsp3) is 0.500. The first-order chi connectivity index (χ1) is 8.26. The third-order valence-corrected chi connectivity index (χ3v) is 6.51. The molecule has 8 heteroatoms. The summed E-state index contributed by atoms with van der Waals surface area (Å²) in [5, 5.41) is 0. The molecule has 0 N–H and O–H groups in total. The summed E-state index contributed by atoms with van der Waals surface area (Å²) in [5.41, 5.74) is -1.20. The second-order valence-corrected chi connectivity index (χ2v) is 8.13. The molecule has 0 aliphatic carbocycles. The molecule has 2 rings (SSSR count). The number of sulfonamides is 1. The highest BCUT2D eigenvalue weighted by Crippen LogP contribution is 2.33. The molecule has 1 aliphatic heterocycles. The van der Waals surface area contributed by atoms with Gasteiger partial charge in [0.15, 0.2) is 0 Å². The standard InChI is InChI=1S/C10H12ClNO4S2/c1-10(2)9(13)16-6-5-12(10)18(14,15)8-4-3-7(11)17-8/h3-4H,5-6H2,1-2H3. The number of nitrogens with zero attached hydrogens (tertiary/aromatic N) is 1. The van der Waals surface area contributed by atoms with E-state index >= 15 is 0 Å². The fourth-order valence-corrected chi connectivity index (χ4v) is 5.07. The van der Waals surface area contributed by atoms with Gasteiger partial charge in [0.2, 0.25) is 0 Å². The van der Waals surface area contributed by atoms with E-state index in [0.717, 1.165) is 15.6 Å². The van der Waals surface area contributed by atoms with Crippen LogP contribution in [-0.4, -0.2) is 37.4 Å². The van der Waals surface area contributed by atoms with Crippen LogP contribution >= 0.6 is 22.9 Å². The number of thiophene rings is 1. The smallest absolute Gasteiger partial charge is 0.327 e. The molecular formula is C10H12ClNO4S2. The highest BCUT2D eigenvalue weighted by Gasteiger charge is 2.46. The number of ether oxygens (including phenoxy) is 1. The lowest BCUT2D eigenvalue weighted by atomic mass is 10.1. The Morgan fingerprint density at radius 1 is 1.44 bits per heavy atom. The van der Waals surface area contributed by atoms with E-state index in [9.17, 15) is 13.2 Å². The van der Waals surface area contributed by atoms with E-state index in [1.165, 1.54) is 26.0 Å². The van der Waals surface area contributed by atoms with Crippen molar-refractivity contribution in [2.45, 2.75) is 23.6 Å². The Labute approximate surface area is 114 Å². The van der Waals surface area contributed by atoms with E-state index in [0.29, 0.717) is 4.34 Å². The van der Waals surface area contributed by atoms with Crippen LogP contribution < -0.4 is 0 Å². The Hall–Kier alpha value is -0.630. The van der Waals surface area contributed by atoms with E-state index in [2.05, 4.69) is 0 Å². The van der Waals surface area contributed by atoms with Crippen LogP contribution in [0.2, 0.25) is 4.34 Å². The molecule has 0 unspecified atom stereocenters. The highest BCUT2D eigenvalue weighted by molar-refractivity contribution is 7.91. The lowest BCUT2D eigenvalue weighted by molar-refractivity contribution is -0.160. The molecule has 1 aromatic heterocycles. The van der Waals surface area contributed by atoms with Crippen LogP contribution in [0.5, 0.6) is 0 Å². The Morgan fingerprint density at radius 2 is 2.11 bits per heavy atom. The van der Waals surface area contributed by atoms with Crippen molar-refractivity contribution >= 4 is 38.9 Å². The predicted molar refractivity (Wildman–Crippen MR) is 68.3 cm³/mol. The monoisotopic (exact) mass is 309 g/mol. The average Bonchev–Trinajstić information content (AvgIpc) is 2.69. The van der Waals surface area contributed by atoms with Crippen molar-refractivity contribution in [3.63, 3.8) is 0 Å². The summed E-state index contributed by atoms with van der Waals surface area (Å²) in [6.07, 6.45) is 0. The molecule has 0 amide bonds. The maximum Gasteiger partial charge on any atom is 0.327 e. The fourth-order valence-electron chi connectivity index (χ4n) is 1.74. The van der Waals surface area contributed by atoms with Crippen molar-refractivity contribution < 1.29 is 17.9 Å². The van der Waals surface area contributed by atoms with E-state index in [4.69, 9.17) is 16.3 Å². The molecule has 0 saturated carbocycles. The number of halogens is 1. The summed E-state index contributed by atoms with van der Waals surface area (Å²) < 4.78 is 31.4. The number of rotatable bonds is 2. The number of carbonyl (C=O) groups is 1. The largest absolute Gasteiger partial charge is 0.463 e. The minimum Gasteiger partial charge on any atom is -0.463 e. The van der Waals surface area contributed by atoms with Crippen LogP contribution in [0.15, 0.2) is 16.3 Å². The van der Waals surface area contributed by atoms with Crippen molar-refractivity contribution in [1.82, 2.24) is 4.31 Å². The maximum atomic E-state index is 12.4. The van der Waals surface area contributed by atoms with Crippen molar-refractivity contribution in [3.05, 3.63) is 16.5 Å². The van der Waals surface area contributed by atoms with E-state index in [-0.39, 0.29) is 17.4 Å². The van der Waals surface area contributed by atoms with Gasteiger partial charge in [0.25, 0.3) is 10.0 Å². The molecule has 100 valence electrons. The second-order valence-electron chi connectivity index (χ2n) is 4.33. The van der Waals surface area contributed by atoms with Gasteiger partial charge in [0.1, 0.15) is 16.4 Å². The molecule has 0 atom stereocenters. The molecular weight excluding hydrogens is 298 g/mol. The van der Waals surface area contributed by atoms with Crippen molar-refractivity contribution in [2.75, 3.05) is 13.2 Å². The summed E-state index contributed by atoms with van der Waals surface area (Å²) in [4.78, 5) is 11.7. The number of esters is 1. The lowest BCUT2D eigenvalue weighted by Crippen LogP contribution is -2.58. The quantitative estimate of drug-likeness (QED) is 0.780. The molecule has 0 bridgehead atoms. The average molecular weight is 310 g/mol. The third kappa shape index (κ3) is 2.16. The van der Waals surface area contributed by atoms with Gasteiger partial charge in [0.05, 0.1) is 4.34 Å². The molecule has 1 aliphatic rings. The van der Waals surface area contributed by atoms with E-state index in [1.54, 1.807) is 0 Å². The summed E-state index contributed by atoms with van der Waals surface area (Å²) in [6.45, 7) is 3.28. The van der Waals surface area contributed by atoms with Gasteiger partial charge in [-0.2, -0.15) is 4.31 Å². The Morgan fingerprint density at radius 3 is 2.67 bits per heavy atom. The van der Waals surface area contributed by atoms with Gasteiger partial charge in [0, 0.05) is 6.54 Å². The van der Waals surface area contributed by atoms with E-state index < -0.39 is 21.5 Å². The minimum atomic E-state index is -3.72. The van der Waals surface area contributed by atoms with Crippen LogP contribution in [0, 0.1) is 0 Å². The molecule has 0 spiro atoms. The summed E-state index contributed by atoms with van der Waals surface area (Å²) in [5.74, 6) is -0.542. The molecule has 18 heavy (non-hydrogen) atoms. The Bertz CT molecular complexity index is 578. The first-order valence-electron chi connectivity index (χ1n) is 5.21. The van der Waals surface area contributed by atoms with Crippen molar-refractivity contribution in [1.29, 1.82) is 0 Å². The van der Waals surface area contributed by atoms with Crippen molar-refractivity contribution in [2.24, 2.45) is 0 Å². The summed E-state index contributed by atoms with van der Waals surface area (Å²) in [7, 11) is -3.72. The van der Waals surface area contributed by atoms with E-state index in [1.807, 2.05) is 0 Å². The molecule has 2 heterocycles. The molecule has 5 nitrogen and oxygen atoms in total. The van der Waals surface area contributed by atoms with Gasteiger partial charge in [-0.05, 0) is 26.0 Å². The van der Waals surface area contributed by atoms with Crippen LogP contribution in [0.1, 0.15) is 13.8 Å². The SMILES string of the molecule is CC1(C)C(=O)OCCN1S(=O)(=O)c1ccc(Cl)s1.